The Morgan fingerprint density at radius 1 is 0.926 bits per heavy atom. The zero-order valence-electron chi connectivity index (χ0n) is 16.2. The number of fused-ring (bicyclic) bond motifs is 1. The molecule has 1 unspecified atom stereocenters. The van der Waals surface area contributed by atoms with Crippen LogP contribution in [0.5, 0.6) is 0 Å². The average molecular weight is 364 g/mol. The van der Waals surface area contributed by atoms with Gasteiger partial charge >= 0.3 is 0 Å². The van der Waals surface area contributed by atoms with Crippen LogP contribution in [0.4, 0.5) is 11.4 Å². The summed E-state index contributed by atoms with van der Waals surface area (Å²) in [6, 6.07) is 16.7. The fourth-order valence-corrected chi connectivity index (χ4v) is 4.31. The third kappa shape index (κ3) is 3.95. The molecule has 4 nitrogen and oxygen atoms in total. The summed E-state index contributed by atoms with van der Waals surface area (Å²) < 4.78 is 0. The zero-order chi connectivity index (χ0) is 18.6. The van der Waals surface area contributed by atoms with Crippen LogP contribution in [0.2, 0.25) is 0 Å². The van der Waals surface area contributed by atoms with Crippen molar-refractivity contribution in [1.29, 1.82) is 0 Å². The molecule has 1 atom stereocenters. The highest BCUT2D eigenvalue weighted by Gasteiger charge is 2.25. The van der Waals surface area contributed by atoms with Crippen molar-refractivity contribution in [2.75, 3.05) is 36.4 Å². The van der Waals surface area contributed by atoms with Crippen molar-refractivity contribution in [3.05, 3.63) is 59.7 Å². The van der Waals surface area contributed by atoms with Crippen molar-refractivity contribution in [2.45, 2.75) is 38.6 Å². The lowest BCUT2D eigenvalue weighted by molar-refractivity contribution is -0.131. The lowest BCUT2D eigenvalue weighted by Gasteiger charge is -2.37. The maximum atomic E-state index is 13.0. The van der Waals surface area contributed by atoms with Gasteiger partial charge in [-0.3, -0.25) is 4.79 Å². The molecule has 0 spiro atoms. The molecule has 1 saturated heterocycles. The van der Waals surface area contributed by atoms with E-state index in [1.807, 2.05) is 17.9 Å². The Morgan fingerprint density at radius 2 is 1.67 bits per heavy atom. The van der Waals surface area contributed by atoms with Crippen molar-refractivity contribution in [3.63, 3.8) is 0 Å². The van der Waals surface area contributed by atoms with Gasteiger partial charge in [-0.25, -0.2) is 0 Å². The molecule has 2 aromatic rings. The number of rotatable bonds is 4. The molecule has 1 N–H and O–H groups in total. The number of hydrogen-bond donors (Lipinski definition) is 1. The number of piperazine rings is 1. The zero-order valence-corrected chi connectivity index (χ0v) is 16.2. The Hall–Kier alpha value is -2.49. The van der Waals surface area contributed by atoms with Gasteiger partial charge in [-0.2, -0.15) is 0 Å². The Morgan fingerprint density at radius 3 is 2.44 bits per heavy atom. The second kappa shape index (κ2) is 8.03. The van der Waals surface area contributed by atoms with Crippen LogP contribution in [0.1, 0.15) is 30.9 Å². The molecule has 0 saturated carbocycles. The lowest BCUT2D eigenvalue weighted by atomic mass is 9.90. The number of nitrogens with zero attached hydrogens (tertiary/aromatic N) is 2. The van der Waals surface area contributed by atoms with Crippen LogP contribution in [-0.2, 0) is 17.6 Å². The van der Waals surface area contributed by atoms with Gasteiger partial charge in [0.05, 0.1) is 0 Å². The first-order chi connectivity index (χ1) is 13.2. The van der Waals surface area contributed by atoms with E-state index < -0.39 is 0 Å². The molecule has 1 aliphatic heterocycles. The number of carbonyl (C=O) groups excluding carboxylic acids is 1. The number of para-hydroxylation sites is 1. The van der Waals surface area contributed by atoms with Crippen LogP contribution in [-0.4, -0.2) is 43.0 Å². The van der Waals surface area contributed by atoms with Crippen LogP contribution in [0.3, 0.4) is 0 Å². The molecule has 142 valence electrons. The van der Waals surface area contributed by atoms with Gasteiger partial charge in [0, 0.05) is 37.6 Å². The summed E-state index contributed by atoms with van der Waals surface area (Å²) in [7, 11) is 0. The van der Waals surface area contributed by atoms with E-state index in [0.29, 0.717) is 0 Å². The SMILES string of the molecule is CC(Nc1cccc2c1CCCC2)C(=O)N1CCN(c2ccccc2)CC1. The van der Waals surface area contributed by atoms with Crippen molar-refractivity contribution >= 4 is 17.3 Å². The number of amides is 1. The van der Waals surface area contributed by atoms with Crippen LogP contribution >= 0.6 is 0 Å². The Labute approximate surface area is 162 Å². The van der Waals surface area contributed by atoms with Gasteiger partial charge in [-0.1, -0.05) is 30.3 Å². The number of hydrogen-bond acceptors (Lipinski definition) is 3. The number of benzene rings is 2. The monoisotopic (exact) mass is 363 g/mol. The van der Waals surface area contributed by atoms with Gasteiger partial charge in [0.1, 0.15) is 6.04 Å². The Kier molecular flexibility index (Phi) is 5.33. The molecule has 1 heterocycles. The van der Waals surface area contributed by atoms with Crippen molar-refractivity contribution in [2.24, 2.45) is 0 Å². The molecule has 1 amide bonds. The number of carbonyl (C=O) groups is 1. The fraction of sp³-hybridized carbons (Fsp3) is 0.435. The van der Waals surface area contributed by atoms with E-state index in [2.05, 4.69) is 52.7 Å². The topological polar surface area (TPSA) is 35.6 Å². The first-order valence-corrected chi connectivity index (χ1v) is 10.2. The molecule has 0 bridgehead atoms. The van der Waals surface area contributed by atoms with E-state index in [0.717, 1.165) is 44.7 Å². The minimum atomic E-state index is -0.193. The van der Waals surface area contributed by atoms with Gasteiger partial charge < -0.3 is 15.1 Å². The number of aryl methyl sites for hydroxylation is 1. The summed E-state index contributed by atoms with van der Waals surface area (Å²) in [6.07, 6.45) is 4.80. The minimum absolute atomic E-state index is 0.193. The first kappa shape index (κ1) is 17.9. The van der Waals surface area contributed by atoms with E-state index in [1.165, 1.54) is 29.7 Å². The van der Waals surface area contributed by atoms with Crippen LogP contribution in [0, 0.1) is 0 Å². The van der Waals surface area contributed by atoms with Crippen LogP contribution < -0.4 is 10.2 Å². The van der Waals surface area contributed by atoms with E-state index in [-0.39, 0.29) is 11.9 Å². The smallest absolute Gasteiger partial charge is 0.244 e. The molecule has 2 aromatic carbocycles. The average Bonchev–Trinajstić information content (AvgIpc) is 2.74. The summed E-state index contributed by atoms with van der Waals surface area (Å²) in [4.78, 5) is 17.3. The molecule has 1 aliphatic carbocycles. The third-order valence-corrected chi connectivity index (χ3v) is 5.85. The summed E-state index contributed by atoms with van der Waals surface area (Å²) in [5, 5.41) is 3.51. The van der Waals surface area contributed by atoms with Gasteiger partial charge in [-0.15, -0.1) is 0 Å². The second-order valence-electron chi connectivity index (χ2n) is 7.66. The highest BCUT2D eigenvalue weighted by atomic mass is 16.2. The fourth-order valence-electron chi connectivity index (χ4n) is 4.31. The normalized spacial score (nSPS) is 18.0. The molecule has 0 aromatic heterocycles. The highest BCUT2D eigenvalue weighted by Crippen LogP contribution is 2.28. The van der Waals surface area contributed by atoms with Crippen LogP contribution in [0.15, 0.2) is 48.5 Å². The summed E-state index contributed by atoms with van der Waals surface area (Å²) >= 11 is 0. The van der Waals surface area contributed by atoms with E-state index in [9.17, 15) is 4.79 Å². The molecular weight excluding hydrogens is 334 g/mol. The largest absolute Gasteiger partial charge is 0.374 e. The minimum Gasteiger partial charge on any atom is -0.374 e. The van der Waals surface area contributed by atoms with Crippen molar-refractivity contribution in [3.8, 4) is 0 Å². The van der Waals surface area contributed by atoms with Gasteiger partial charge in [-0.05, 0) is 61.9 Å². The Balaban J connectivity index is 1.36. The lowest BCUT2D eigenvalue weighted by Crippen LogP contribution is -2.52. The summed E-state index contributed by atoms with van der Waals surface area (Å²) in [5.41, 5.74) is 5.25. The number of anilines is 2. The predicted molar refractivity (Wildman–Crippen MR) is 111 cm³/mol. The molecule has 27 heavy (non-hydrogen) atoms. The van der Waals surface area contributed by atoms with Crippen molar-refractivity contribution < 1.29 is 4.79 Å². The maximum Gasteiger partial charge on any atom is 0.244 e. The maximum absolute atomic E-state index is 13.0. The molecule has 1 fully saturated rings. The van der Waals surface area contributed by atoms with E-state index >= 15 is 0 Å². The first-order valence-electron chi connectivity index (χ1n) is 10.2. The van der Waals surface area contributed by atoms with Gasteiger partial charge in [0.25, 0.3) is 0 Å². The van der Waals surface area contributed by atoms with Crippen LogP contribution in [0.25, 0.3) is 0 Å². The summed E-state index contributed by atoms with van der Waals surface area (Å²) in [6.45, 7) is 5.35. The van der Waals surface area contributed by atoms with Gasteiger partial charge in [0.15, 0.2) is 0 Å². The quantitative estimate of drug-likeness (QED) is 0.899. The number of nitrogens with one attached hydrogen (secondary N) is 1. The highest BCUT2D eigenvalue weighted by molar-refractivity contribution is 5.85. The standard InChI is InChI=1S/C23H29N3O/c1-18(24-22-13-7-9-19-8-5-6-12-21(19)22)23(27)26-16-14-25(15-17-26)20-10-3-2-4-11-20/h2-4,7,9-11,13,18,24H,5-6,8,12,14-17H2,1H3. The van der Waals surface area contributed by atoms with Crippen molar-refractivity contribution in [1.82, 2.24) is 4.90 Å². The molecule has 2 aliphatic rings. The Bertz CT molecular complexity index is 781. The second-order valence-corrected chi connectivity index (χ2v) is 7.66. The van der Waals surface area contributed by atoms with E-state index in [1.54, 1.807) is 0 Å². The molecule has 4 rings (SSSR count). The molecular formula is C23H29N3O. The van der Waals surface area contributed by atoms with Gasteiger partial charge in [0.2, 0.25) is 5.91 Å². The summed E-state index contributed by atoms with van der Waals surface area (Å²) in [5.74, 6) is 0.205. The van der Waals surface area contributed by atoms with E-state index in [4.69, 9.17) is 0 Å². The predicted octanol–water partition coefficient (Wildman–Crippen LogP) is 3.71. The molecule has 4 heteroatoms. The third-order valence-electron chi connectivity index (χ3n) is 5.85. The molecule has 0 radical (unpaired) electrons.